The van der Waals surface area contributed by atoms with Crippen molar-refractivity contribution in [3.8, 4) is 0 Å². The topological polar surface area (TPSA) is 42.0 Å². The van der Waals surface area contributed by atoms with Gasteiger partial charge in [0.05, 0.1) is 9.53 Å². The molecule has 0 unspecified atom stereocenters. The van der Waals surface area contributed by atoms with Gasteiger partial charge in [0.25, 0.3) is 0 Å². The number of hydrogen-bond acceptors (Lipinski definition) is 3. The number of thiazole rings is 1. The van der Waals surface area contributed by atoms with Gasteiger partial charge in [0, 0.05) is 4.47 Å². The van der Waals surface area contributed by atoms with Crippen LogP contribution in [0, 0.1) is 11.7 Å². The molecule has 0 radical (unpaired) electrons. The van der Waals surface area contributed by atoms with Gasteiger partial charge >= 0.3 is 0 Å². The monoisotopic (exact) mass is 408 g/mol. The van der Waals surface area contributed by atoms with Crippen LogP contribution in [0.2, 0.25) is 0 Å². The largest absolute Gasteiger partial charge is 0.301 e. The lowest BCUT2D eigenvalue weighted by Gasteiger charge is -2.11. The molecule has 19 heavy (non-hydrogen) atoms. The number of fused-ring (bicyclic) bond motifs is 1. The predicted octanol–water partition coefficient (Wildman–Crippen LogP) is 4.56. The molecule has 2 rings (SSSR count). The first-order valence-corrected chi connectivity index (χ1v) is 8.11. The van der Waals surface area contributed by atoms with Crippen molar-refractivity contribution in [2.75, 3.05) is 5.32 Å². The fourth-order valence-corrected chi connectivity index (χ4v) is 3.11. The molecular weight excluding hydrogens is 399 g/mol. The number of anilines is 1. The summed E-state index contributed by atoms with van der Waals surface area (Å²) in [5, 5.41) is 3.10. The lowest BCUT2D eigenvalue weighted by molar-refractivity contribution is -0.116. The van der Waals surface area contributed by atoms with E-state index in [9.17, 15) is 9.18 Å². The van der Waals surface area contributed by atoms with E-state index < -0.39 is 5.82 Å². The Bertz CT molecular complexity index is 629. The van der Waals surface area contributed by atoms with Crippen molar-refractivity contribution in [1.29, 1.82) is 0 Å². The maximum absolute atomic E-state index is 13.7. The highest BCUT2D eigenvalue weighted by Crippen LogP contribution is 2.31. The maximum atomic E-state index is 13.7. The number of rotatable bonds is 3. The van der Waals surface area contributed by atoms with Crippen molar-refractivity contribution in [1.82, 2.24) is 4.98 Å². The minimum absolute atomic E-state index is 0.167. The first-order chi connectivity index (χ1) is 8.88. The second-order valence-corrected chi connectivity index (χ2v) is 7.32. The summed E-state index contributed by atoms with van der Waals surface area (Å²) in [7, 11) is 0. The minimum Gasteiger partial charge on any atom is -0.301 e. The lowest BCUT2D eigenvalue weighted by Crippen LogP contribution is -2.26. The Kier molecular flexibility index (Phi) is 4.58. The molecule has 0 aliphatic heterocycles. The van der Waals surface area contributed by atoms with Crippen molar-refractivity contribution in [3.63, 3.8) is 0 Å². The van der Waals surface area contributed by atoms with Gasteiger partial charge in [-0.25, -0.2) is 9.37 Å². The summed E-state index contributed by atoms with van der Waals surface area (Å²) < 4.78 is 15.0. The van der Waals surface area contributed by atoms with Crippen molar-refractivity contribution in [2.45, 2.75) is 18.7 Å². The van der Waals surface area contributed by atoms with E-state index in [4.69, 9.17) is 0 Å². The highest BCUT2D eigenvalue weighted by atomic mass is 79.9. The van der Waals surface area contributed by atoms with E-state index >= 15 is 0 Å². The smallest absolute Gasteiger partial charge is 0.240 e. The van der Waals surface area contributed by atoms with E-state index in [2.05, 4.69) is 42.2 Å². The van der Waals surface area contributed by atoms with Crippen molar-refractivity contribution >= 4 is 64.5 Å². The van der Waals surface area contributed by atoms with Crippen LogP contribution in [0.5, 0.6) is 0 Å². The molecule has 1 atom stereocenters. The Morgan fingerprint density at radius 3 is 2.79 bits per heavy atom. The molecule has 0 aliphatic rings. The highest BCUT2D eigenvalue weighted by Gasteiger charge is 2.20. The van der Waals surface area contributed by atoms with E-state index in [0.29, 0.717) is 14.3 Å². The second-order valence-electron chi connectivity index (χ2n) is 4.39. The lowest BCUT2D eigenvalue weighted by atomic mass is 10.1. The number of carbonyl (C=O) groups excluding carboxylic acids is 1. The quantitative estimate of drug-likeness (QED) is 0.755. The Hall–Kier alpha value is -0.530. The van der Waals surface area contributed by atoms with Crippen molar-refractivity contribution in [2.24, 2.45) is 5.92 Å². The summed E-state index contributed by atoms with van der Waals surface area (Å²) >= 11 is 7.80. The van der Waals surface area contributed by atoms with Gasteiger partial charge < -0.3 is 5.32 Å². The SMILES string of the molecule is CC(C)[C@@H](Br)C(=O)Nc1nc2c(F)cc(Br)cc2s1. The predicted molar refractivity (Wildman–Crippen MR) is 83.5 cm³/mol. The summed E-state index contributed by atoms with van der Waals surface area (Å²) in [6, 6.07) is 3.13. The van der Waals surface area contributed by atoms with E-state index in [1.54, 1.807) is 6.07 Å². The average molecular weight is 410 g/mol. The molecule has 1 N–H and O–H groups in total. The number of hydrogen-bond donors (Lipinski definition) is 1. The van der Waals surface area contributed by atoms with Crippen molar-refractivity contribution < 1.29 is 9.18 Å². The van der Waals surface area contributed by atoms with E-state index in [1.807, 2.05) is 13.8 Å². The number of carbonyl (C=O) groups is 1. The molecule has 1 aromatic carbocycles. The van der Waals surface area contributed by atoms with Gasteiger partial charge in [-0.05, 0) is 18.1 Å². The van der Waals surface area contributed by atoms with E-state index in [1.165, 1.54) is 17.4 Å². The van der Waals surface area contributed by atoms with Crippen LogP contribution in [0.15, 0.2) is 16.6 Å². The van der Waals surface area contributed by atoms with Gasteiger partial charge in [0.15, 0.2) is 10.9 Å². The first kappa shape index (κ1) is 14.9. The molecule has 1 amide bonds. The third kappa shape index (κ3) is 3.32. The summed E-state index contributed by atoms with van der Waals surface area (Å²) in [5.41, 5.74) is 0.277. The maximum Gasteiger partial charge on any atom is 0.240 e. The fraction of sp³-hybridized carbons (Fsp3) is 0.333. The highest BCUT2D eigenvalue weighted by molar-refractivity contribution is 9.10. The summed E-state index contributed by atoms with van der Waals surface area (Å²) in [6.45, 7) is 3.88. The Labute approximate surface area is 130 Å². The van der Waals surface area contributed by atoms with Crippen LogP contribution in [-0.4, -0.2) is 15.7 Å². The number of alkyl halides is 1. The van der Waals surface area contributed by atoms with Crippen LogP contribution < -0.4 is 5.32 Å². The molecular formula is C12H11Br2FN2OS. The number of benzene rings is 1. The fourth-order valence-electron chi connectivity index (χ4n) is 1.49. The molecule has 7 heteroatoms. The Morgan fingerprint density at radius 1 is 1.47 bits per heavy atom. The number of aromatic nitrogens is 1. The second kappa shape index (κ2) is 5.85. The van der Waals surface area contributed by atoms with Gasteiger partial charge in [-0.2, -0.15) is 0 Å². The van der Waals surface area contributed by atoms with Gasteiger partial charge in [0.2, 0.25) is 5.91 Å². The van der Waals surface area contributed by atoms with Crippen LogP contribution in [0.1, 0.15) is 13.8 Å². The third-order valence-electron chi connectivity index (χ3n) is 2.48. The van der Waals surface area contributed by atoms with E-state index in [0.717, 1.165) is 0 Å². The van der Waals surface area contributed by atoms with Crippen LogP contribution in [-0.2, 0) is 4.79 Å². The number of nitrogens with zero attached hydrogens (tertiary/aromatic N) is 1. The average Bonchev–Trinajstić information content (AvgIpc) is 2.70. The molecule has 102 valence electrons. The van der Waals surface area contributed by atoms with Crippen LogP contribution in [0.25, 0.3) is 10.2 Å². The molecule has 0 saturated carbocycles. The van der Waals surface area contributed by atoms with Gasteiger partial charge in [-0.3, -0.25) is 4.79 Å². The van der Waals surface area contributed by atoms with Gasteiger partial charge in [-0.15, -0.1) is 0 Å². The summed E-state index contributed by atoms with van der Waals surface area (Å²) in [6.07, 6.45) is 0. The molecule has 0 saturated heterocycles. The number of halogens is 3. The molecule has 0 fully saturated rings. The Balaban J connectivity index is 2.27. The normalized spacial score (nSPS) is 12.9. The molecule has 3 nitrogen and oxygen atoms in total. The minimum atomic E-state index is -0.402. The summed E-state index contributed by atoms with van der Waals surface area (Å²) in [4.78, 5) is 15.7. The molecule has 0 bridgehead atoms. The van der Waals surface area contributed by atoms with E-state index in [-0.39, 0.29) is 22.2 Å². The summed E-state index contributed by atoms with van der Waals surface area (Å²) in [5.74, 6) is -0.408. The van der Waals surface area contributed by atoms with Gasteiger partial charge in [0.1, 0.15) is 5.52 Å². The van der Waals surface area contributed by atoms with Crippen LogP contribution >= 0.6 is 43.2 Å². The molecule has 1 aromatic heterocycles. The van der Waals surface area contributed by atoms with Gasteiger partial charge in [-0.1, -0.05) is 57.0 Å². The Morgan fingerprint density at radius 2 is 2.16 bits per heavy atom. The zero-order chi connectivity index (χ0) is 14.2. The molecule has 2 aromatic rings. The van der Waals surface area contributed by atoms with Crippen molar-refractivity contribution in [3.05, 3.63) is 22.4 Å². The van der Waals surface area contributed by atoms with Crippen LogP contribution in [0.3, 0.4) is 0 Å². The molecule has 0 spiro atoms. The zero-order valence-electron chi connectivity index (χ0n) is 10.2. The molecule has 0 aliphatic carbocycles. The first-order valence-electron chi connectivity index (χ1n) is 5.59. The molecule has 1 heterocycles. The zero-order valence-corrected chi connectivity index (χ0v) is 14.2. The standard InChI is InChI=1S/C12H11Br2FN2OS/c1-5(2)9(14)11(18)17-12-16-10-7(15)3-6(13)4-8(10)19-12/h3-5,9H,1-2H3,(H,16,17,18)/t9-/m1/s1. The number of amides is 1. The third-order valence-corrected chi connectivity index (χ3v) is 5.33. The van der Waals surface area contributed by atoms with Crippen LogP contribution in [0.4, 0.5) is 9.52 Å². The number of nitrogens with one attached hydrogen (secondary N) is 1.